The molecule has 1 aliphatic heterocycles. The number of aryl methyl sites for hydroxylation is 1. The fraction of sp³-hybridized carbons (Fsp3) is 0.357. The summed E-state index contributed by atoms with van der Waals surface area (Å²) in [6.45, 7) is 5.28. The molecule has 4 rings (SSSR count). The highest BCUT2D eigenvalue weighted by molar-refractivity contribution is 5.71. The highest BCUT2D eigenvalue weighted by atomic mass is 19.2. The Hall–Kier alpha value is -2.63. The molecule has 0 aromatic heterocycles. The van der Waals surface area contributed by atoms with E-state index >= 15 is 0 Å². The SMILES string of the molecule is CCCc1ccc(-c2ccc(-c3ccc(C4OCC(CCC)CO4)cc3F)cc2)c(F)c1F. The minimum Gasteiger partial charge on any atom is -0.348 e. The van der Waals surface area contributed by atoms with Crippen molar-refractivity contribution in [2.75, 3.05) is 13.2 Å². The van der Waals surface area contributed by atoms with Gasteiger partial charge in [0, 0.05) is 22.6 Å². The first-order valence-corrected chi connectivity index (χ1v) is 11.6. The zero-order valence-corrected chi connectivity index (χ0v) is 19.0. The van der Waals surface area contributed by atoms with Crippen LogP contribution in [0.2, 0.25) is 0 Å². The predicted octanol–water partition coefficient (Wildman–Crippen LogP) is 7.85. The maximum absolute atomic E-state index is 14.9. The van der Waals surface area contributed by atoms with Crippen LogP contribution >= 0.6 is 0 Å². The van der Waals surface area contributed by atoms with E-state index in [9.17, 15) is 13.2 Å². The second kappa shape index (κ2) is 10.5. The molecular formula is C28H29F3O2. The average molecular weight is 455 g/mol. The summed E-state index contributed by atoms with van der Waals surface area (Å²) in [5.74, 6) is -1.65. The van der Waals surface area contributed by atoms with Gasteiger partial charge in [0.05, 0.1) is 13.2 Å². The molecule has 0 radical (unpaired) electrons. The van der Waals surface area contributed by atoms with E-state index in [1.54, 1.807) is 48.5 Å². The van der Waals surface area contributed by atoms with E-state index in [-0.39, 0.29) is 11.4 Å². The molecular weight excluding hydrogens is 425 g/mol. The van der Waals surface area contributed by atoms with Gasteiger partial charge in [0.25, 0.3) is 0 Å². The highest BCUT2D eigenvalue weighted by Gasteiger charge is 2.24. The molecule has 1 saturated heterocycles. The molecule has 3 aromatic carbocycles. The van der Waals surface area contributed by atoms with Crippen LogP contribution in [0.1, 0.15) is 50.5 Å². The van der Waals surface area contributed by atoms with E-state index < -0.39 is 17.9 Å². The van der Waals surface area contributed by atoms with Gasteiger partial charge in [-0.3, -0.25) is 0 Å². The molecule has 1 heterocycles. The summed E-state index contributed by atoms with van der Waals surface area (Å²) in [7, 11) is 0. The summed E-state index contributed by atoms with van der Waals surface area (Å²) in [5, 5.41) is 0. The molecule has 0 aliphatic carbocycles. The van der Waals surface area contributed by atoms with Gasteiger partial charge in [-0.25, -0.2) is 13.2 Å². The Balaban J connectivity index is 1.51. The summed E-state index contributed by atoms with van der Waals surface area (Å²) >= 11 is 0. The third-order valence-electron chi connectivity index (χ3n) is 6.12. The second-order valence-corrected chi connectivity index (χ2v) is 8.62. The minimum atomic E-state index is -0.849. The third kappa shape index (κ3) is 5.15. The molecule has 0 bridgehead atoms. The van der Waals surface area contributed by atoms with E-state index in [0.717, 1.165) is 19.3 Å². The smallest absolute Gasteiger partial charge is 0.183 e. The van der Waals surface area contributed by atoms with Crippen molar-refractivity contribution in [1.82, 2.24) is 0 Å². The number of hydrogen-bond donors (Lipinski definition) is 0. The lowest BCUT2D eigenvalue weighted by molar-refractivity contribution is -0.206. The zero-order valence-electron chi connectivity index (χ0n) is 19.0. The van der Waals surface area contributed by atoms with Gasteiger partial charge in [-0.2, -0.15) is 0 Å². The summed E-state index contributed by atoms with van der Waals surface area (Å²) in [5.41, 5.74) is 2.84. The van der Waals surface area contributed by atoms with Crippen molar-refractivity contribution in [2.24, 2.45) is 5.92 Å². The number of benzene rings is 3. The molecule has 33 heavy (non-hydrogen) atoms. The van der Waals surface area contributed by atoms with E-state index in [1.807, 2.05) is 6.92 Å². The van der Waals surface area contributed by atoms with Gasteiger partial charge in [0.1, 0.15) is 5.82 Å². The molecule has 174 valence electrons. The number of hydrogen-bond acceptors (Lipinski definition) is 2. The lowest BCUT2D eigenvalue weighted by Gasteiger charge is -2.29. The van der Waals surface area contributed by atoms with Crippen LogP contribution in [0.25, 0.3) is 22.3 Å². The molecule has 0 unspecified atom stereocenters. The molecule has 0 amide bonds. The Morgan fingerprint density at radius 2 is 1.39 bits per heavy atom. The van der Waals surface area contributed by atoms with Crippen molar-refractivity contribution in [3.8, 4) is 22.3 Å². The first-order chi connectivity index (χ1) is 16.0. The lowest BCUT2D eigenvalue weighted by Crippen LogP contribution is -2.27. The molecule has 0 spiro atoms. The van der Waals surface area contributed by atoms with Gasteiger partial charge in [-0.1, -0.05) is 75.2 Å². The first-order valence-electron chi connectivity index (χ1n) is 11.6. The number of halogens is 3. The van der Waals surface area contributed by atoms with Crippen LogP contribution in [0, 0.1) is 23.4 Å². The quantitative estimate of drug-likeness (QED) is 0.362. The average Bonchev–Trinajstić information content (AvgIpc) is 2.83. The monoisotopic (exact) mass is 454 g/mol. The molecule has 0 saturated carbocycles. The largest absolute Gasteiger partial charge is 0.348 e. The Morgan fingerprint density at radius 1 is 0.758 bits per heavy atom. The topological polar surface area (TPSA) is 18.5 Å². The zero-order chi connectivity index (χ0) is 23.4. The van der Waals surface area contributed by atoms with Gasteiger partial charge in [-0.05, 0) is 35.6 Å². The normalized spacial score (nSPS) is 18.5. The predicted molar refractivity (Wildman–Crippen MR) is 124 cm³/mol. The summed E-state index contributed by atoms with van der Waals surface area (Å²) in [6, 6.07) is 15.0. The van der Waals surface area contributed by atoms with Crippen molar-refractivity contribution in [3.63, 3.8) is 0 Å². The minimum absolute atomic E-state index is 0.197. The maximum Gasteiger partial charge on any atom is 0.183 e. The maximum atomic E-state index is 14.9. The number of rotatable bonds is 7. The lowest BCUT2D eigenvalue weighted by atomic mass is 9.97. The van der Waals surface area contributed by atoms with Crippen LogP contribution in [-0.4, -0.2) is 13.2 Å². The summed E-state index contributed by atoms with van der Waals surface area (Å²) < 4.78 is 55.4. The number of ether oxygens (including phenoxy) is 2. The van der Waals surface area contributed by atoms with Gasteiger partial charge in [-0.15, -0.1) is 0 Å². The van der Waals surface area contributed by atoms with E-state index in [0.29, 0.717) is 53.4 Å². The van der Waals surface area contributed by atoms with Crippen LogP contribution in [0.15, 0.2) is 54.6 Å². The molecule has 1 fully saturated rings. The summed E-state index contributed by atoms with van der Waals surface area (Å²) in [6.07, 6.45) is 2.81. The molecule has 1 aliphatic rings. The van der Waals surface area contributed by atoms with Crippen molar-refractivity contribution in [2.45, 2.75) is 45.8 Å². The Kier molecular flexibility index (Phi) is 7.51. The van der Waals surface area contributed by atoms with E-state index in [2.05, 4.69) is 6.92 Å². The van der Waals surface area contributed by atoms with Gasteiger partial charge in [0.2, 0.25) is 0 Å². The molecule has 0 N–H and O–H groups in total. The van der Waals surface area contributed by atoms with Gasteiger partial charge < -0.3 is 9.47 Å². The van der Waals surface area contributed by atoms with Crippen LogP contribution in [0.4, 0.5) is 13.2 Å². The fourth-order valence-corrected chi connectivity index (χ4v) is 4.33. The Labute approximate surface area is 193 Å². The Bertz CT molecular complexity index is 1090. The van der Waals surface area contributed by atoms with Crippen molar-refractivity contribution >= 4 is 0 Å². The second-order valence-electron chi connectivity index (χ2n) is 8.62. The van der Waals surface area contributed by atoms with Crippen LogP contribution in [-0.2, 0) is 15.9 Å². The fourth-order valence-electron chi connectivity index (χ4n) is 4.33. The highest BCUT2D eigenvalue weighted by Crippen LogP contribution is 2.33. The van der Waals surface area contributed by atoms with Gasteiger partial charge in [0.15, 0.2) is 17.9 Å². The molecule has 0 atom stereocenters. The van der Waals surface area contributed by atoms with Crippen molar-refractivity contribution < 1.29 is 22.6 Å². The van der Waals surface area contributed by atoms with Crippen molar-refractivity contribution in [1.29, 1.82) is 0 Å². The van der Waals surface area contributed by atoms with Crippen LogP contribution < -0.4 is 0 Å². The molecule has 2 nitrogen and oxygen atoms in total. The van der Waals surface area contributed by atoms with Crippen molar-refractivity contribution in [3.05, 3.63) is 83.2 Å². The standard InChI is InChI=1S/C28H29F3O2/c1-3-5-18-16-32-28(33-17-18)22-12-13-23(25(29)15-22)19-7-9-20(10-8-19)24-14-11-21(6-4-2)26(30)27(24)31/h7-15,18,28H,3-6,16-17H2,1-2H3. The first kappa shape index (κ1) is 23.5. The summed E-state index contributed by atoms with van der Waals surface area (Å²) in [4.78, 5) is 0. The van der Waals surface area contributed by atoms with Crippen LogP contribution in [0.5, 0.6) is 0 Å². The Morgan fingerprint density at radius 3 is 2.00 bits per heavy atom. The van der Waals surface area contributed by atoms with Crippen LogP contribution in [0.3, 0.4) is 0 Å². The van der Waals surface area contributed by atoms with E-state index in [1.165, 1.54) is 6.07 Å². The van der Waals surface area contributed by atoms with E-state index in [4.69, 9.17) is 9.47 Å². The molecule has 5 heteroatoms. The molecule has 3 aromatic rings. The van der Waals surface area contributed by atoms with Gasteiger partial charge >= 0.3 is 0 Å². The third-order valence-corrected chi connectivity index (χ3v) is 6.12.